The van der Waals surface area contributed by atoms with Crippen LogP contribution >= 0.6 is 23.4 Å². The minimum absolute atomic E-state index is 0.135. The number of alkyl halides is 3. The lowest BCUT2D eigenvalue weighted by Crippen LogP contribution is -2.26. The number of amides is 1. The number of benzene rings is 2. The van der Waals surface area contributed by atoms with Gasteiger partial charge in [0.1, 0.15) is 11.9 Å². The number of nitrogens with one attached hydrogen (secondary N) is 1. The van der Waals surface area contributed by atoms with Gasteiger partial charge in [-0.05, 0) is 30.3 Å². The molecule has 1 unspecified atom stereocenters. The summed E-state index contributed by atoms with van der Waals surface area (Å²) < 4.78 is 51.5. The van der Waals surface area contributed by atoms with Crippen LogP contribution in [0.5, 0.6) is 0 Å². The Labute approximate surface area is 155 Å². The number of rotatable bonds is 3. The summed E-state index contributed by atoms with van der Waals surface area (Å²) in [6.45, 7) is 0. The molecule has 3 rings (SSSR count). The summed E-state index contributed by atoms with van der Waals surface area (Å²) in [4.78, 5) is 16.6. The highest BCUT2D eigenvalue weighted by atomic mass is 35.5. The van der Waals surface area contributed by atoms with Crippen molar-refractivity contribution in [3.63, 3.8) is 0 Å². The lowest BCUT2D eigenvalue weighted by Gasteiger charge is -2.12. The first-order valence-corrected chi connectivity index (χ1v) is 8.74. The number of thioether (sulfide) groups is 1. The van der Waals surface area contributed by atoms with Gasteiger partial charge in [0, 0.05) is 22.0 Å². The first-order valence-electron chi connectivity index (χ1n) is 7.38. The number of aliphatic imine (C=N–C) groups is 1. The van der Waals surface area contributed by atoms with Gasteiger partial charge in [0.05, 0.1) is 10.6 Å². The van der Waals surface area contributed by atoms with Gasteiger partial charge in [-0.2, -0.15) is 13.2 Å². The van der Waals surface area contributed by atoms with E-state index in [1.54, 1.807) is 24.3 Å². The Morgan fingerprint density at radius 2 is 1.88 bits per heavy atom. The molecule has 0 fully saturated rings. The van der Waals surface area contributed by atoms with Gasteiger partial charge in [0.25, 0.3) is 0 Å². The molecule has 1 N–H and O–H groups in total. The van der Waals surface area contributed by atoms with Crippen LogP contribution in [0.4, 0.5) is 23.2 Å². The van der Waals surface area contributed by atoms with Gasteiger partial charge in [-0.3, -0.25) is 9.79 Å². The molecule has 0 saturated carbocycles. The van der Waals surface area contributed by atoms with Crippen molar-refractivity contribution in [2.45, 2.75) is 12.2 Å². The molecule has 2 aromatic rings. The molecule has 1 aliphatic rings. The summed E-state index contributed by atoms with van der Waals surface area (Å²) in [6.07, 6.45) is -4.84. The Morgan fingerprint density at radius 1 is 1.19 bits per heavy atom. The highest BCUT2D eigenvalue weighted by Crippen LogP contribution is 2.33. The van der Waals surface area contributed by atoms with Gasteiger partial charge in [-0.25, -0.2) is 4.39 Å². The van der Waals surface area contributed by atoms with E-state index >= 15 is 0 Å². The molecule has 3 nitrogen and oxygen atoms in total. The van der Waals surface area contributed by atoms with Gasteiger partial charge in [0.15, 0.2) is 0 Å². The van der Waals surface area contributed by atoms with Crippen LogP contribution in [0.2, 0.25) is 5.02 Å². The average Bonchev–Trinajstić information content (AvgIpc) is 3.06. The van der Waals surface area contributed by atoms with Crippen molar-refractivity contribution in [1.29, 1.82) is 0 Å². The van der Waals surface area contributed by atoms with E-state index in [1.807, 2.05) is 0 Å². The number of anilines is 1. The second-order valence-electron chi connectivity index (χ2n) is 5.45. The molecule has 1 aliphatic heterocycles. The van der Waals surface area contributed by atoms with Crippen LogP contribution in [0.3, 0.4) is 0 Å². The van der Waals surface area contributed by atoms with E-state index in [1.165, 1.54) is 11.8 Å². The topological polar surface area (TPSA) is 41.5 Å². The van der Waals surface area contributed by atoms with Crippen molar-refractivity contribution in [2.75, 3.05) is 11.1 Å². The number of nitrogens with zero attached hydrogens (tertiary/aromatic N) is 1. The fourth-order valence-electron chi connectivity index (χ4n) is 2.30. The maximum atomic E-state index is 13.3. The molecule has 0 saturated heterocycles. The lowest BCUT2D eigenvalue weighted by molar-refractivity contribution is -0.140. The number of hydrogen-bond donors (Lipinski definition) is 1. The number of hydrogen-bond acceptors (Lipinski definition) is 3. The van der Waals surface area contributed by atoms with E-state index in [2.05, 4.69) is 10.3 Å². The van der Waals surface area contributed by atoms with E-state index in [0.717, 1.165) is 11.6 Å². The van der Waals surface area contributed by atoms with E-state index in [4.69, 9.17) is 11.6 Å². The second kappa shape index (κ2) is 7.28. The third-order valence-corrected chi connectivity index (χ3v) is 4.93. The number of carbonyl (C=O) groups excluding carboxylic acids is 1. The summed E-state index contributed by atoms with van der Waals surface area (Å²) in [5.74, 6) is -1.59. The maximum Gasteiger partial charge on any atom is 0.419 e. The first kappa shape index (κ1) is 18.7. The van der Waals surface area contributed by atoms with E-state index < -0.39 is 29.5 Å². The third-order valence-electron chi connectivity index (χ3n) is 3.58. The summed E-state index contributed by atoms with van der Waals surface area (Å²) in [6, 6.07) is 8.51. The van der Waals surface area contributed by atoms with Crippen LogP contribution in [0.15, 0.2) is 47.5 Å². The largest absolute Gasteiger partial charge is 0.419 e. The highest BCUT2D eigenvalue weighted by Gasteiger charge is 2.34. The molecular formula is C17H11ClF4N2OS. The molecule has 136 valence electrons. The smallest absolute Gasteiger partial charge is 0.324 e. The monoisotopic (exact) mass is 402 g/mol. The van der Waals surface area contributed by atoms with Gasteiger partial charge < -0.3 is 5.32 Å². The van der Waals surface area contributed by atoms with Gasteiger partial charge >= 0.3 is 6.18 Å². The molecule has 0 spiro atoms. The number of halogens is 5. The molecule has 1 heterocycles. The average molecular weight is 403 g/mol. The Kier molecular flexibility index (Phi) is 5.24. The van der Waals surface area contributed by atoms with Crippen LogP contribution in [-0.4, -0.2) is 22.7 Å². The fourth-order valence-corrected chi connectivity index (χ4v) is 3.48. The Bertz CT molecular complexity index is 868. The van der Waals surface area contributed by atoms with Crippen molar-refractivity contribution in [3.8, 4) is 0 Å². The molecule has 1 amide bonds. The third kappa shape index (κ3) is 4.19. The zero-order chi connectivity index (χ0) is 18.9. The lowest BCUT2D eigenvalue weighted by atomic mass is 10.1. The number of carbonyl (C=O) groups is 1. The van der Waals surface area contributed by atoms with Gasteiger partial charge in [-0.1, -0.05) is 23.7 Å². The Hall–Kier alpha value is -2.06. The van der Waals surface area contributed by atoms with Crippen molar-refractivity contribution >= 4 is 40.0 Å². The first-order chi connectivity index (χ1) is 12.2. The summed E-state index contributed by atoms with van der Waals surface area (Å²) >= 11 is 7.19. The SMILES string of the molecule is O=C(Nc1ccc(F)c(C(F)(F)F)c1)C1CSC(c2ccc(Cl)cc2)=N1. The maximum absolute atomic E-state index is 13.3. The standard InChI is InChI=1S/C17H11ClF4N2OS/c18-10-3-1-9(2-4-10)16-24-14(8-26-16)15(25)23-11-5-6-13(19)12(7-11)17(20,21)22/h1-7,14H,8H2,(H,23,25). The van der Waals surface area contributed by atoms with Crippen molar-refractivity contribution < 1.29 is 22.4 Å². The van der Waals surface area contributed by atoms with Crippen LogP contribution in [0, 0.1) is 5.82 Å². The van der Waals surface area contributed by atoms with Crippen molar-refractivity contribution in [1.82, 2.24) is 0 Å². The minimum Gasteiger partial charge on any atom is -0.324 e. The fraction of sp³-hybridized carbons (Fsp3) is 0.176. The van der Waals surface area contributed by atoms with E-state index in [9.17, 15) is 22.4 Å². The molecule has 0 aromatic heterocycles. The van der Waals surface area contributed by atoms with Crippen LogP contribution in [0.25, 0.3) is 0 Å². The molecule has 0 bridgehead atoms. The van der Waals surface area contributed by atoms with Gasteiger partial charge in [0.2, 0.25) is 5.91 Å². The highest BCUT2D eigenvalue weighted by molar-refractivity contribution is 8.14. The second-order valence-corrected chi connectivity index (χ2v) is 6.89. The predicted molar refractivity (Wildman–Crippen MR) is 94.3 cm³/mol. The summed E-state index contributed by atoms with van der Waals surface area (Å²) in [7, 11) is 0. The molecule has 0 aliphatic carbocycles. The quantitative estimate of drug-likeness (QED) is 0.734. The van der Waals surface area contributed by atoms with E-state index in [-0.39, 0.29) is 5.69 Å². The minimum atomic E-state index is -4.84. The molecular weight excluding hydrogens is 392 g/mol. The molecule has 0 radical (unpaired) electrons. The normalized spacial score (nSPS) is 17.1. The molecule has 26 heavy (non-hydrogen) atoms. The zero-order valence-electron chi connectivity index (χ0n) is 13.0. The zero-order valence-corrected chi connectivity index (χ0v) is 14.6. The van der Waals surface area contributed by atoms with Crippen molar-refractivity contribution in [3.05, 3.63) is 64.4 Å². The Morgan fingerprint density at radius 3 is 2.54 bits per heavy atom. The van der Waals surface area contributed by atoms with Crippen LogP contribution in [0.1, 0.15) is 11.1 Å². The molecule has 9 heteroatoms. The summed E-state index contributed by atoms with van der Waals surface area (Å²) in [5.41, 5.74) is -0.763. The van der Waals surface area contributed by atoms with Crippen LogP contribution < -0.4 is 5.32 Å². The van der Waals surface area contributed by atoms with E-state index in [0.29, 0.717) is 28.0 Å². The molecule has 1 atom stereocenters. The molecule has 2 aromatic carbocycles. The van der Waals surface area contributed by atoms with Crippen molar-refractivity contribution in [2.24, 2.45) is 4.99 Å². The summed E-state index contributed by atoms with van der Waals surface area (Å²) in [5, 5.41) is 3.58. The van der Waals surface area contributed by atoms with Crippen LogP contribution in [-0.2, 0) is 11.0 Å². The Balaban J connectivity index is 1.74. The van der Waals surface area contributed by atoms with Gasteiger partial charge in [-0.15, -0.1) is 11.8 Å². The predicted octanol–water partition coefficient (Wildman–Crippen LogP) is 5.00.